The van der Waals surface area contributed by atoms with Gasteiger partial charge in [0.15, 0.2) is 8.32 Å². The van der Waals surface area contributed by atoms with Gasteiger partial charge in [-0.1, -0.05) is 20.8 Å². The van der Waals surface area contributed by atoms with E-state index in [2.05, 4.69) is 33.9 Å². The van der Waals surface area contributed by atoms with Crippen LogP contribution in [0.1, 0.15) is 20.8 Å². The Kier molecular flexibility index (Phi) is 2.90. The second-order valence-corrected chi connectivity index (χ2v) is 9.15. The van der Waals surface area contributed by atoms with Crippen LogP contribution in [0.15, 0.2) is 0 Å². The van der Waals surface area contributed by atoms with Crippen LogP contribution in [-0.2, 0) is 4.43 Å². The van der Waals surface area contributed by atoms with E-state index in [1.54, 1.807) is 0 Å². The maximum absolute atomic E-state index is 7.01. The summed E-state index contributed by atoms with van der Waals surface area (Å²) in [4.78, 5) is 0. The lowest BCUT2D eigenvalue weighted by Gasteiger charge is -2.35. The Labute approximate surface area is 69.2 Å². The van der Waals surface area contributed by atoms with Gasteiger partial charge in [0.2, 0.25) is 0 Å². The molecule has 0 spiro atoms. The summed E-state index contributed by atoms with van der Waals surface area (Å²) >= 11 is 0. The maximum Gasteiger partial charge on any atom is 0.192 e. The van der Waals surface area contributed by atoms with Crippen LogP contribution >= 0.6 is 9.18 Å². The fourth-order valence-corrected chi connectivity index (χ4v) is 2.27. The van der Waals surface area contributed by atoms with Gasteiger partial charge in [0.25, 0.3) is 0 Å². The molecule has 0 heterocycles. The van der Waals surface area contributed by atoms with Gasteiger partial charge in [-0.05, 0) is 18.1 Å². The average Bonchev–Trinajstić information content (AvgIpc) is 1.81. The SMILES string of the molecule is [3H]PCO[Si](C)(C)C(C)(C)C. The molecule has 3 heteroatoms. The summed E-state index contributed by atoms with van der Waals surface area (Å²) in [6, 6.07) is 0. The van der Waals surface area contributed by atoms with Gasteiger partial charge in [-0.3, -0.25) is 0 Å². The van der Waals surface area contributed by atoms with Crippen LogP contribution in [0.4, 0.5) is 0 Å². The van der Waals surface area contributed by atoms with Gasteiger partial charge in [-0.2, -0.15) is 0 Å². The van der Waals surface area contributed by atoms with Crippen molar-refractivity contribution in [3.63, 3.8) is 0 Å². The molecule has 1 unspecified atom stereocenters. The van der Waals surface area contributed by atoms with E-state index in [9.17, 15) is 0 Å². The molecular formula is C7H19OPSi. The van der Waals surface area contributed by atoms with Crippen molar-refractivity contribution in [2.75, 3.05) is 6.35 Å². The Morgan fingerprint density at radius 3 is 2.30 bits per heavy atom. The molecule has 0 saturated heterocycles. The Morgan fingerprint density at radius 2 is 2.00 bits per heavy atom. The standard InChI is InChI=1S/C7H19OPSi/c1-7(2,3)10(4,5)8-6-9/h6,9H2,1-5H3/i9T. The molecule has 0 aromatic rings. The number of hydrogen-bond acceptors (Lipinski definition) is 1. The third kappa shape index (κ3) is 2.69. The summed E-state index contributed by atoms with van der Waals surface area (Å²) in [5.74, 6) is 0. The summed E-state index contributed by atoms with van der Waals surface area (Å²) < 4.78 is 12.7. The minimum Gasteiger partial charge on any atom is -0.413 e. The van der Waals surface area contributed by atoms with Crippen molar-refractivity contribution in [3.05, 3.63) is 0 Å². The lowest BCUT2D eigenvalue weighted by atomic mass is 10.2. The predicted molar refractivity (Wildman–Crippen MR) is 52.9 cm³/mol. The fraction of sp³-hybridized carbons (Fsp3) is 1.00. The molecule has 0 rings (SSSR count). The first-order valence-corrected chi connectivity index (χ1v) is 7.21. The Hall–Kier alpha value is 0.607. The van der Waals surface area contributed by atoms with Gasteiger partial charge in [-0.15, -0.1) is 9.18 Å². The first-order chi connectivity index (χ1) is 4.81. The van der Waals surface area contributed by atoms with E-state index in [1.807, 2.05) is 0 Å². The Balaban J connectivity index is 4.00. The molecule has 62 valence electrons. The maximum atomic E-state index is 7.01. The first-order valence-electron chi connectivity index (χ1n) is 4.10. The van der Waals surface area contributed by atoms with Crippen LogP contribution in [-0.4, -0.2) is 15.9 Å². The molecular weight excluding hydrogens is 159 g/mol. The van der Waals surface area contributed by atoms with Crippen molar-refractivity contribution >= 4 is 17.5 Å². The third-order valence-corrected chi connectivity index (χ3v) is 7.15. The van der Waals surface area contributed by atoms with E-state index in [0.29, 0.717) is 6.35 Å². The minimum absolute atomic E-state index is 0.173. The van der Waals surface area contributed by atoms with E-state index in [1.165, 1.54) is 0 Å². The van der Waals surface area contributed by atoms with Crippen LogP contribution in [0.25, 0.3) is 0 Å². The van der Waals surface area contributed by atoms with Gasteiger partial charge in [-0.25, -0.2) is 0 Å². The highest BCUT2D eigenvalue weighted by molar-refractivity contribution is 7.16. The van der Waals surface area contributed by atoms with Gasteiger partial charge in [0.1, 0.15) is 0 Å². The Bertz CT molecular complexity index is 122. The highest BCUT2D eigenvalue weighted by Crippen LogP contribution is 2.36. The lowest BCUT2D eigenvalue weighted by Crippen LogP contribution is -2.40. The molecule has 1 nitrogen and oxygen atoms in total. The second-order valence-electron chi connectivity index (χ2n) is 4.05. The van der Waals surface area contributed by atoms with Crippen molar-refractivity contribution in [1.29, 1.82) is 1.28 Å². The molecule has 10 heavy (non-hydrogen) atoms. The molecule has 0 saturated carbocycles. The summed E-state index contributed by atoms with van der Waals surface area (Å²) in [7, 11) is -1.37. The van der Waals surface area contributed by atoms with Crippen molar-refractivity contribution in [2.24, 2.45) is 0 Å². The zero-order chi connectivity index (χ0) is 9.12. The zero-order valence-electron chi connectivity index (χ0n) is 8.62. The molecule has 0 radical (unpaired) electrons. The molecule has 0 aliphatic carbocycles. The molecule has 0 fully saturated rings. The summed E-state index contributed by atoms with van der Waals surface area (Å²) in [6.45, 7) is 11.1. The topological polar surface area (TPSA) is 9.23 Å². The lowest BCUT2D eigenvalue weighted by molar-refractivity contribution is 0.354. The van der Waals surface area contributed by atoms with Gasteiger partial charge in [0.05, 0.1) is 1.28 Å². The van der Waals surface area contributed by atoms with E-state index in [0.717, 1.165) is 0 Å². The summed E-state index contributed by atoms with van der Waals surface area (Å²) in [6.07, 6.45) is 0.622. The first kappa shape index (κ1) is 8.70. The van der Waals surface area contributed by atoms with Crippen LogP contribution in [0, 0.1) is 0 Å². The third-order valence-electron chi connectivity index (χ3n) is 2.24. The largest absolute Gasteiger partial charge is 0.413 e. The highest BCUT2D eigenvalue weighted by Gasteiger charge is 2.36. The fourth-order valence-electron chi connectivity index (χ4n) is 0.397. The molecule has 0 aliphatic heterocycles. The quantitative estimate of drug-likeness (QED) is 0.479. The van der Waals surface area contributed by atoms with E-state index in [-0.39, 0.29) is 14.2 Å². The van der Waals surface area contributed by atoms with E-state index in [4.69, 9.17) is 5.70 Å². The molecule has 0 amide bonds. The minimum atomic E-state index is -1.54. The van der Waals surface area contributed by atoms with E-state index >= 15 is 0 Å². The zero-order valence-corrected chi connectivity index (χ0v) is 9.62. The van der Waals surface area contributed by atoms with E-state index < -0.39 is 8.32 Å². The predicted octanol–water partition coefficient (Wildman–Crippen LogP) is 2.84. The number of rotatable bonds is 3. The van der Waals surface area contributed by atoms with Crippen LogP contribution in [0.5, 0.6) is 0 Å². The normalized spacial score (nSPS) is 16.3. The van der Waals surface area contributed by atoms with Crippen molar-refractivity contribution in [3.8, 4) is 0 Å². The molecule has 1 atom stereocenters. The molecule has 0 aliphatic rings. The van der Waals surface area contributed by atoms with Gasteiger partial charge in [0, 0.05) is 6.35 Å². The van der Waals surface area contributed by atoms with Crippen LogP contribution in [0.3, 0.4) is 0 Å². The van der Waals surface area contributed by atoms with Crippen LogP contribution < -0.4 is 0 Å². The van der Waals surface area contributed by atoms with Crippen molar-refractivity contribution in [1.82, 2.24) is 0 Å². The second kappa shape index (κ2) is 3.34. The van der Waals surface area contributed by atoms with Gasteiger partial charge >= 0.3 is 0 Å². The molecule has 0 bridgehead atoms. The molecule has 0 aromatic heterocycles. The number of hydrogen-bond donors (Lipinski definition) is 0. The Morgan fingerprint density at radius 1 is 1.50 bits per heavy atom. The van der Waals surface area contributed by atoms with Crippen LogP contribution in [0.2, 0.25) is 18.1 Å². The average molecular weight is 180 g/mol. The van der Waals surface area contributed by atoms with Gasteiger partial charge < -0.3 is 4.43 Å². The molecule has 0 aromatic carbocycles. The molecule has 0 N–H and O–H groups in total. The highest BCUT2D eigenvalue weighted by atomic mass is 31.0. The van der Waals surface area contributed by atoms with Crippen molar-refractivity contribution < 1.29 is 4.43 Å². The summed E-state index contributed by atoms with van der Waals surface area (Å²) in [5.41, 5.74) is 0. The smallest absolute Gasteiger partial charge is 0.192 e. The monoisotopic (exact) mass is 180 g/mol. The summed E-state index contributed by atoms with van der Waals surface area (Å²) in [5, 5.41) is 0.284. The van der Waals surface area contributed by atoms with Crippen molar-refractivity contribution in [2.45, 2.75) is 38.9 Å².